The molecule has 0 bridgehead atoms. The zero-order chi connectivity index (χ0) is 19.5. The van der Waals surface area contributed by atoms with Crippen LogP contribution in [-0.2, 0) is 14.9 Å². The molecule has 3 saturated heterocycles. The van der Waals surface area contributed by atoms with Crippen LogP contribution in [0.2, 0.25) is 0 Å². The number of hydrogen-bond acceptors (Lipinski definition) is 3. The zero-order valence-electron chi connectivity index (χ0n) is 16.9. The van der Waals surface area contributed by atoms with Gasteiger partial charge in [-0.2, -0.15) is 0 Å². The Morgan fingerprint density at radius 2 is 2.00 bits per heavy atom. The first-order valence-electron chi connectivity index (χ1n) is 10.6. The SMILES string of the molecule is CCNC(=NCC1(c2cccc(F)c2)CCOCC1)N1CCC2(CCOC2)C1. The third-order valence-electron chi connectivity index (χ3n) is 6.68. The summed E-state index contributed by atoms with van der Waals surface area (Å²) in [5, 5.41) is 3.48. The Morgan fingerprint density at radius 1 is 1.18 bits per heavy atom. The number of rotatable bonds is 4. The van der Waals surface area contributed by atoms with Crippen LogP contribution in [0.15, 0.2) is 29.3 Å². The zero-order valence-corrected chi connectivity index (χ0v) is 16.9. The van der Waals surface area contributed by atoms with Gasteiger partial charge in [-0.05, 0) is 50.3 Å². The highest BCUT2D eigenvalue weighted by molar-refractivity contribution is 5.80. The lowest BCUT2D eigenvalue weighted by Gasteiger charge is -2.37. The van der Waals surface area contributed by atoms with Crippen molar-refractivity contribution in [3.8, 4) is 0 Å². The van der Waals surface area contributed by atoms with E-state index < -0.39 is 0 Å². The Morgan fingerprint density at radius 3 is 2.71 bits per heavy atom. The van der Waals surface area contributed by atoms with Crippen LogP contribution in [-0.4, -0.2) is 63.5 Å². The number of hydrogen-bond donors (Lipinski definition) is 1. The van der Waals surface area contributed by atoms with Gasteiger partial charge in [0.1, 0.15) is 5.82 Å². The third kappa shape index (κ3) is 4.03. The van der Waals surface area contributed by atoms with Gasteiger partial charge in [0.2, 0.25) is 0 Å². The van der Waals surface area contributed by atoms with Gasteiger partial charge in [-0.1, -0.05) is 12.1 Å². The van der Waals surface area contributed by atoms with E-state index in [0.29, 0.717) is 25.2 Å². The quantitative estimate of drug-likeness (QED) is 0.635. The number of likely N-dealkylation sites (tertiary alicyclic amines) is 1. The number of halogens is 1. The van der Waals surface area contributed by atoms with Gasteiger partial charge in [0.05, 0.1) is 13.2 Å². The van der Waals surface area contributed by atoms with Crippen molar-refractivity contribution in [1.82, 2.24) is 10.2 Å². The van der Waals surface area contributed by atoms with Crippen LogP contribution in [0.25, 0.3) is 0 Å². The summed E-state index contributed by atoms with van der Waals surface area (Å²) in [4.78, 5) is 7.45. The molecule has 3 fully saturated rings. The van der Waals surface area contributed by atoms with Crippen LogP contribution in [0.4, 0.5) is 4.39 Å². The minimum atomic E-state index is -0.179. The standard InChI is InChI=1S/C22H32FN3O2/c1-2-24-20(26-10-6-21(16-26)7-11-28-17-21)25-15-22(8-12-27-13-9-22)18-4-3-5-19(23)14-18/h3-5,14H,2,6-13,15-17H2,1H3,(H,24,25). The molecule has 4 rings (SSSR count). The molecule has 1 aromatic carbocycles. The van der Waals surface area contributed by atoms with Crippen molar-refractivity contribution in [3.05, 3.63) is 35.6 Å². The van der Waals surface area contributed by atoms with Gasteiger partial charge in [0.25, 0.3) is 0 Å². The highest BCUT2D eigenvalue weighted by atomic mass is 19.1. The van der Waals surface area contributed by atoms with Gasteiger partial charge in [0, 0.05) is 50.3 Å². The molecule has 1 atom stereocenters. The van der Waals surface area contributed by atoms with Gasteiger partial charge < -0.3 is 19.7 Å². The first-order chi connectivity index (χ1) is 13.6. The molecule has 1 aromatic rings. The summed E-state index contributed by atoms with van der Waals surface area (Å²) >= 11 is 0. The summed E-state index contributed by atoms with van der Waals surface area (Å²) in [5.74, 6) is 0.801. The van der Waals surface area contributed by atoms with Crippen LogP contribution in [0, 0.1) is 11.2 Å². The van der Waals surface area contributed by atoms with Crippen molar-refractivity contribution >= 4 is 5.96 Å². The Balaban J connectivity index is 1.55. The highest BCUT2D eigenvalue weighted by Gasteiger charge is 2.42. The summed E-state index contributed by atoms with van der Waals surface area (Å²) in [5.41, 5.74) is 1.18. The lowest BCUT2D eigenvalue weighted by Crippen LogP contribution is -2.43. The molecule has 0 aromatic heterocycles. The maximum absolute atomic E-state index is 13.9. The Labute approximate surface area is 167 Å². The van der Waals surface area contributed by atoms with Gasteiger partial charge in [-0.25, -0.2) is 4.39 Å². The molecule has 6 heteroatoms. The largest absolute Gasteiger partial charge is 0.381 e. The maximum Gasteiger partial charge on any atom is 0.193 e. The van der Waals surface area contributed by atoms with E-state index in [2.05, 4.69) is 17.1 Å². The Kier molecular flexibility index (Phi) is 5.88. The van der Waals surface area contributed by atoms with Crippen LogP contribution < -0.4 is 5.32 Å². The van der Waals surface area contributed by atoms with Crippen LogP contribution in [0.5, 0.6) is 0 Å². The van der Waals surface area contributed by atoms with E-state index in [1.165, 1.54) is 12.5 Å². The summed E-state index contributed by atoms with van der Waals surface area (Å²) in [6, 6.07) is 7.03. The molecule has 1 unspecified atom stereocenters. The monoisotopic (exact) mass is 389 g/mol. The van der Waals surface area contributed by atoms with E-state index in [4.69, 9.17) is 14.5 Å². The van der Waals surface area contributed by atoms with Crippen molar-refractivity contribution in [2.24, 2.45) is 10.4 Å². The highest BCUT2D eigenvalue weighted by Crippen LogP contribution is 2.39. The molecule has 0 radical (unpaired) electrons. The van der Waals surface area contributed by atoms with E-state index in [-0.39, 0.29) is 11.2 Å². The molecule has 154 valence electrons. The second-order valence-corrected chi connectivity index (χ2v) is 8.55. The number of aliphatic imine (C=N–C) groups is 1. The second kappa shape index (κ2) is 8.37. The van der Waals surface area contributed by atoms with Crippen molar-refractivity contribution in [2.75, 3.05) is 52.6 Å². The first kappa shape index (κ1) is 19.6. The minimum Gasteiger partial charge on any atom is -0.381 e. The molecule has 3 heterocycles. The summed E-state index contributed by atoms with van der Waals surface area (Å²) < 4.78 is 25.2. The van der Waals surface area contributed by atoms with Crippen LogP contribution >= 0.6 is 0 Å². The fraction of sp³-hybridized carbons (Fsp3) is 0.682. The number of nitrogens with zero attached hydrogens (tertiary/aromatic N) is 2. The van der Waals surface area contributed by atoms with Gasteiger partial charge in [-0.3, -0.25) is 4.99 Å². The van der Waals surface area contributed by atoms with Crippen LogP contribution in [0.1, 0.15) is 38.2 Å². The van der Waals surface area contributed by atoms with Crippen LogP contribution in [0.3, 0.4) is 0 Å². The fourth-order valence-corrected chi connectivity index (χ4v) is 4.86. The molecule has 3 aliphatic heterocycles. The fourth-order valence-electron chi connectivity index (χ4n) is 4.86. The Hall–Kier alpha value is -1.66. The molecule has 1 spiro atoms. The number of benzene rings is 1. The summed E-state index contributed by atoms with van der Waals surface area (Å²) in [6.07, 6.45) is 4.06. The number of ether oxygens (including phenoxy) is 2. The predicted octanol–water partition coefficient (Wildman–Crippen LogP) is 2.95. The van der Waals surface area contributed by atoms with Gasteiger partial charge in [0.15, 0.2) is 5.96 Å². The Bertz CT molecular complexity index is 697. The second-order valence-electron chi connectivity index (χ2n) is 8.55. The topological polar surface area (TPSA) is 46.1 Å². The average Bonchev–Trinajstić information content (AvgIpc) is 3.36. The van der Waals surface area contributed by atoms with Gasteiger partial charge >= 0.3 is 0 Å². The van der Waals surface area contributed by atoms with Crippen molar-refractivity contribution in [3.63, 3.8) is 0 Å². The lowest BCUT2D eigenvalue weighted by atomic mass is 9.74. The van der Waals surface area contributed by atoms with E-state index >= 15 is 0 Å². The maximum atomic E-state index is 13.9. The van der Waals surface area contributed by atoms with E-state index in [1.54, 1.807) is 12.1 Å². The molecule has 28 heavy (non-hydrogen) atoms. The summed E-state index contributed by atoms with van der Waals surface area (Å²) in [7, 11) is 0. The van der Waals surface area contributed by atoms with Crippen molar-refractivity contribution in [1.29, 1.82) is 0 Å². The van der Waals surface area contributed by atoms with Gasteiger partial charge in [-0.15, -0.1) is 0 Å². The molecule has 0 saturated carbocycles. The number of nitrogens with one attached hydrogen (secondary N) is 1. The van der Waals surface area contributed by atoms with E-state index in [1.807, 2.05) is 6.07 Å². The molecular formula is C22H32FN3O2. The van der Waals surface area contributed by atoms with Crippen molar-refractivity contribution in [2.45, 2.75) is 38.0 Å². The minimum absolute atomic E-state index is 0.158. The molecule has 5 nitrogen and oxygen atoms in total. The molecule has 0 amide bonds. The normalized spacial score (nSPS) is 27.5. The predicted molar refractivity (Wildman–Crippen MR) is 108 cm³/mol. The van der Waals surface area contributed by atoms with E-state index in [0.717, 1.165) is 63.6 Å². The first-order valence-corrected chi connectivity index (χ1v) is 10.6. The lowest BCUT2D eigenvalue weighted by molar-refractivity contribution is 0.0529. The molecule has 0 aliphatic carbocycles. The van der Waals surface area contributed by atoms with E-state index in [9.17, 15) is 4.39 Å². The average molecular weight is 390 g/mol. The number of guanidine groups is 1. The molecule has 3 aliphatic rings. The third-order valence-corrected chi connectivity index (χ3v) is 6.68. The summed E-state index contributed by atoms with van der Waals surface area (Å²) in [6.45, 7) is 8.78. The van der Waals surface area contributed by atoms with Crippen molar-refractivity contribution < 1.29 is 13.9 Å². The smallest absolute Gasteiger partial charge is 0.193 e. The molecular weight excluding hydrogens is 357 g/mol. The molecule has 1 N–H and O–H groups in total.